The van der Waals surface area contributed by atoms with Crippen LogP contribution in [-0.2, 0) is 0 Å². The van der Waals surface area contributed by atoms with Crippen molar-refractivity contribution < 1.29 is 0 Å². The van der Waals surface area contributed by atoms with Crippen molar-refractivity contribution in [2.75, 3.05) is 5.73 Å². The summed E-state index contributed by atoms with van der Waals surface area (Å²) in [5.74, 6) is 0. The number of hydrogen-bond donors (Lipinski definition) is 1. The Labute approximate surface area is 98.9 Å². The number of anilines is 1. The standard InChI is InChI=1S/C12H14N4O/c1-8(2)16-12(17)10(13)7-11(15-16)9-3-5-14-6-4-9/h3-8H,13H2,1-2H3. The molecule has 0 aliphatic rings. The molecule has 2 aromatic rings. The van der Waals surface area contributed by atoms with Crippen LogP contribution in [0.4, 0.5) is 5.69 Å². The first-order valence-corrected chi connectivity index (χ1v) is 5.39. The Hall–Kier alpha value is -2.17. The zero-order valence-corrected chi connectivity index (χ0v) is 9.79. The number of pyridine rings is 1. The summed E-state index contributed by atoms with van der Waals surface area (Å²) in [4.78, 5) is 15.7. The van der Waals surface area contributed by atoms with Crippen LogP contribution in [0.15, 0.2) is 35.4 Å². The van der Waals surface area contributed by atoms with E-state index in [1.807, 2.05) is 26.0 Å². The van der Waals surface area contributed by atoms with Gasteiger partial charge in [-0.3, -0.25) is 9.78 Å². The molecule has 0 atom stereocenters. The molecule has 2 heterocycles. The van der Waals surface area contributed by atoms with Crippen LogP contribution in [0, 0.1) is 0 Å². The maximum Gasteiger partial charge on any atom is 0.290 e. The monoisotopic (exact) mass is 230 g/mol. The molecule has 0 spiro atoms. The second kappa shape index (κ2) is 4.37. The van der Waals surface area contributed by atoms with Crippen molar-refractivity contribution in [3.8, 4) is 11.3 Å². The summed E-state index contributed by atoms with van der Waals surface area (Å²) in [7, 11) is 0. The minimum Gasteiger partial charge on any atom is -0.394 e. The first-order chi connectivity index (χ1) is 8.09. The van der Waals surface area contributed by atoms with Crippen molar-refractivity contribution in [3.63, 3.8) is 0 Å². The van der Waals surface area contributed by atoms with Crippen LogP contribution in [0.5, 0.6) is 0 Å². The molecule has 2 rings (SSSR count). The molecule has 0 saturated heterocycles. The molecule has 2 aromatic heterocycles. The minimum atomic E-state index is -0.252. The van der Waals surface area contributed by atoms with E-state index in [-0.39, 0.29) is 17.3 Å². The van der Waals surface area contributed by atoms with Gasteiger partial charge in [-0.25, -0.2) is 4.68 Å². The van der Waals surface area contributed by atoms with E-state index in [9.17, 15) is 4.79 Å². The molecule has 0 saturated carbocycles. The van der Waals surface area contributed by atoms with E-state index in [2.05, 4.69) is 10.1 Å². The zero-order chi connectivity index (χ0) is 12.4. The van der Waals surface area contributed by atoms with Crippen molar-refractivity contribution in [1.82, 2.24) is 14.8 Å². The Morgan fingerprint density at radius 1 is 1.29 bits per heavy atom. The van der Waals surface area contributed by atoms with Gasteiger partial charge in [0.05, 0.1) is 11.7 Å². The molecule has 0 aliphatic heterocycles. The molecule has 17 heavy (non-hydrogen) atoms. The van der Waals surface area contributed by atoms with Crippen molar-refractivity contribution in [1.29, 1.82) is 0 Å². The largest absolute Gasteiger partial charge is 0.394 e. The molecular weight excluding hydrogens is 216 g/mol. The predicted octanol–water partition coefficient (Wildman–Crippen LogP) is 1.47. The number of nitrogens with two attached hydrogens (primary N) is 1. The van der Waals surface area contributed by atoms with E-state index in [1.54, 1.807) is 18.5 Å². The summed E-state index contributed by atoms with van der Waals surface area (Å²) in [6, 6.07) is 5.23. The highest BCUT2D eigenvalue weighted by molar-refractivity contribution is 5.61. The lowest BCUT2D eigenvalue weighted by Crippen LogP contribution is -2.27. The van der Waals surface area contributed by atoms with Crippen LogP contribution in [-0.4, -0.2) is 14.8 Å². The lowest BCUT2D eigenvalue weighted by molar-refractivity contribution is 0.506. The third-order valence-electron chi connectivity index (χ3n) is 2.43. The van der Waals surface area contributed by atoms with Crippen molar-refractivity contribution in [2.24, 2.45) is 0 Å². The van der Waals surface area contributed by atoms with Gasteiger partial charge in [0.15, 0.2) is 0 Å². The number of rotatable bonds is 2. The quantitative estimate of drug-likeness (QED) is 0.847. The van der Waals surface area contributed by atoms with E-state index in [1.165, 1.54) is 4.68 Å². The Morgan fingerprint density at radius 2 is 1.94 bits per heavy atom. The minimum absolute atomic E-state index is 0.0217. The molecule has 5 heteroatoms. The van der Waals surface area contributed by atoms with Crippen LogP contribution in [0.3, 0.4) is 0 Å². The molecule has 0 bridgehead atoms. The van der Waals surface area contributed by atoms with Crippen LogP contribution in [0.2, 0.25) is 0 Å². The van der Waals surface area contributed by atoms with E-state index < -0.39 is 0 Å². The second-order valence-corrected chi connectivity index (χ2v) is 4.06. The van der Waals surface area contributed by atoms with E-state index >= 15 is 0 Å². The van der Waals surface area contributed by atoms with Crippen molar-refractivity contribution >= 4 is 5.69 Å². The number of nitrogens with zero attached hydrogens (tertiary/aromatic N) is 3. The molecule has 0 aromatic carbocycles. The summed E-state index contributed by atoms with van der Waals surface area (Å²) >= 11 is 0. The average Bonchev–Trinajstić information content (AvgIpc) is 2.33. The lowest BCUT2D eigenvalue weighted by atomic mass is 10.2. The average molecular weight is 230 g/mol. The maximum absolute atomic E-state index is 11.8. The molecule has 0 radical (unpaired) electrons. The van der Waals surface area contributed by atoms with Gasteiger partial charge in [0, 0.05) is 18.0 Å². The molecule has 0 fully saturated rings. The van der Waals surface area contributed by atoms with Crippen LogP contribution in [0.25, 0.3) is 11.3 Å². The Kier molecular flexibility index (Phi) is 2.91. The van der Waals surface area contributed by atoms with E-state index in [4.69, 9.17) is 5.73 Å². The van der Waals surface area contributed by atoms with Crippen LogP contribution in [0.1, 0.15) is 19.9 Å². The molecule has 0 aliphatic carbocycles. The molecule has 88 valence electrons. The van der Waals surface area contributed by atoms with Crippen LogP contribution >= 0.6 is 0 Å². The molecule has 0 amide bonds. The predicted molar refractivity (Wildman–Crippen MR) is 66.5 cm³/mol. The van der Waals surface area contributed by atoms with Gasteiger partial charge in [0.1, 0.15) is 5.69 Å². The summed E-state index contributed by atoms with van der Waals surface area (Å²) in [6.45, 7) is 3.79. The van der Waals surface area contributed by atoms with Gasteiger partial charge in [0.2, 0.25) is 0 Å². The molecule has 5 nitrogen and oxygen atoms in total. The van der Waals surface area contributed by atoms with Crippen molar-refractivity contribution in [3.05, 3.63) is 40.9 Å². The number of hydrogen-bond acceptors (Lipinski definition) is 4. The van der Waals surface area contributed by atoms with Gasteiger partial charge in [0.25, 0.3) is 5.56 Å². The number of aromatic nitrogens is 3. The van der Waals surface area contributed by atoms with Crippen LogP contribution < -0.4 is 11.3 Å². The van der Waals surface area contributed by atoms with E-state index in [0.717, 1.165) is 5.56 Å². The van der Waals surface area contributed by atoms with Gasteiger partial charge < -0.3 is 5.73 Å². The fraction of sp³-hybridized carbons (Fsp3) is 0.250. The van der Waals surface area contributed by atoms with E-state index in [0.29, 0.717) is 5.69 Å². The molecule has 2 N–H and O–H groups in total. The highest BCUT2D eigenvalue weighted by Gasteiger charge is 2.09. The topological polar surface area (TPSA) is 73.8 Å². The first kappa shape index (κ1) is 11.3. The smallest absolute Gasteiger partial charge is 0.290 e. The molecule has 0 unspecified atom stereocenters. The Morgan fingerprint density at radius 3 is 2.53 bits per heavy atom. The summed E-state index contributed by atoms with van der Waals surface area (Å²) < 4.78 is 1.39. The van der Waals surface area contributed by atoms with Gasteiger partial charge in [-0.1, -0.05) is 0 Å². The fourth-order valence-corrected chi connectivity index (χ4v) is 1.55. The highest BCUT2D eigenvalue weighted by Crippen LogP contribution is 2.16. The third-order valence-corrected chi connectivity index (χ3v) is 2.43. The van der Waals surface area contributed by atoms with Gasteiger partial charge in [-0.2, -0.15) is 5.10 Å². The van der Waals surface area contributed by atoms with Gasteiger partial charge in [-0.15, -0.1) is 0 Å². The summed E-state index contributed by atoms with van der Waals surface area (Å²) in [6.07, 6.45) is 3.36. The Balaban J connectivity index is 2.62. The van der Waals surface area contributed by atoms with Crippen molar-refractivity contribution in [2.45, 2.75) is 19.9 Å². The highest BCUT2D eigenvalue weighted by atomic mass is 16.1. The first-order valence-electron chi connectivity index (χ1n) is 5.39. The SMILES string of the molecule is CC(C)n1nc(-c2ccncc2)cc(N)c1=O. The normalized spacial score (nSPS) is 10.8. The molecular formula is C12H14N4O. The fourth-order valence-electron chi connectivity index (χ4n) is 1.55. The van der Waals surface area contributed by atoms with Gasteiger partial charge >= 0.3 is 0 Å². The maximum atomic E-state index is 11.8. The van der Waals surface area contributed by atoms with Gasteiger partial charge in [-0.05, 0) is 32.0 Å². The summed E-state index contributed by atoms with van der Waals surface area (Å²) in [5, 5.41) is 4.30. The summed E-state index contributed by atoms with van der Waals surface area (Å²) in [5.41, 5.74) is 7.23. The number of nitrogen functional groups attached to an aromatic ring is 1. The third kappa shape index (κ3) is 2.18. The second-order valence-electron chi connectivity index (χ2n) is 4.06. The Bertz CT molecular complexity index is 575. The zero-order valence-electron chi connectivity index (χ0n) is 9.79. The lowest BCUT2D eigenvalue weighted by Gasteiger charge is -2.11.